The lowest BCUT2D eigenvalue weighted by molar-refractivity contribution is 0.282. The molecule has 0 amide bonds. The molecule has 230 valence electrons. The zero-order chi connectivity index (χ0) is 30.6. The summed E-state index contributed by atoms with van der Waals surface area (Å²) in [5.74, 6) is 1.03. The van der Waals surface area contributed by atoms with Gasteiger partial charge in [0.15, 0.2) is 5.16 Å². The van der Waals surface area contributed by atoms with Crippen LogP contribution in [0.1, 0.15) is 92.3 Å². The molecular formula is C38H40N4O2S. The van der Waals surface area contributed by atoms with E-state index in [1.165, 1.54) is 35.7 Å². The summed E-state index contributed by atoms with van der Waals surface area (Å²) in [7, 11) is 0. The number of nitrogens with zero attached hydrogens (tertiary/aromatic N) is 3. The van der Waals surface area contributed by atoms with E-state index in [0.29, 0.717) is 23.3 Å². The first-order valence-electron chi connectivity index (χ1n) is 16.7. The number of rotatable bonds is 5. The van der Waals surface area contributed by atoms with Crippen molar-refractivity contribution in [1.29, 1.82) is 0 Å². The first kappa shape index (κ1) is 28.7. The Labute approximate surface area is 268 Å². The van der Waals surface area contributed by atoms with Gasteiger partial charge in [0.1, 0.15) is 5.82 Å². The molecule has 4 aliphatic rings. The summed E-state index contributed by atoms with van der Waals surface area (Å²) in [6, 6.07) is 16.9. The Balaban J connectivity index is 1.22. The summed E-state index contributed by atoms with van der Waals surface area (Å²) < 4.78 is 1.80. The molecule has 1 N–H and O–H groups in total. The second-order valence-corrected chi connectivity index (χ2v) is 14.6. The lowest BCUT2D eigenvalue weighted by Crippen LogP contribution is -2.43. The van der Waals surface area contributed by atoms with Crippen molar-refractivity contribution in [1.82, 2.24) is 19.5 Å². The van der Waals surface area contributed by atoms with E-state index < -0.39 is 0 Å². The van der Waals surface area contributed by atoms with Crippen molar-refractivity contribution >= 4 is 11.8 Å². The molecule has 4 aromatic rings. The molecule has 0 unspecified atom stereocenters. The highest BCUT2D eigenvalue weighted by Gasteiger charge is 2.44. The van der Waals surface area contributed by atoms with Crippen LogP contribution in [-0.2, 0) is 36.0 Å². The molecule has 45 heavy (non-hydrogen) atoms. The summed E-state index contributed by atoms with van der Waals surface area (Å²) >= 11 is 1.48. The van der Waals surface area contributed by atoms with Crippen molar-refractivity contribution in [3.63, 3.8) is 0 Å². The molecule has 2 aromatic carbocycles. The Morgan fingerprint density at radius 2 is 1.33 bits per heavy atom. The molecule has 2 heterocycles. The molecular weight excluding hydrogens is 577 g/mol. The molecule has 2 fully saturated rings. The van der Waals surface area contributed by atoms with Gasteiger partial charge in [0, 0.05) is 28.5 Å². The van der Waals surface area contributed by atoms with E-state index in [1.54, 1.807) is 10.6 Å². The SMILES string of the molecule is C=CCn1c(SCc2nc3c(c(=O)[nH]2)C2(CCCCC2)Cc2ccccc2-3)nc2c(c1=O)C1(CCCCC1)Cc1ccccc1-2. The van der Waals surface area contributed by atoms with Gasteiger partial charge in [0.05, 0.1) is 28.3 Å². The zero-order valence-corrected chi connectivity index (χ0v) is 26.7. The maximum Gasteiger partial charge on any atom is 0.258 e. The molecule has 6 nitrogen and oxygen atoms in total. The molecule has 8 rings (SSSR count). The van der Waals surface area contributed by atoms with Crippen LogP contribution < -0.4 is 11.1 Å². The number of allylic oxidation sites excluding steroid dienone is 1. The second kappa shape index (κ2) is 11.3. The second-order valence-electron chi connectivity index (χ2n) is 13.7. The quantitative estimate of drug-likeness (QED) is 0.142. The lowest BCUT2D eigenvalue weighted by Gasteiger charge is -2.42. The molecule has 4 aliphatic carbocycles. The minimum Gasteiger partial charge on any atom is -0.310 e. The summed E-state index contributed by atoms with van der Waals surface area (Å²) in [6.07, 6.45) is 14.7. The number of hydrogen-bond donors (Lipinski definition) is 1. The van der Waals surface area contributed by atoms with Crippen molar-refractivity contribution in [2.24, 2.45) is 0 Å². The van der Waals surface area contributed by atoms with Gasteiger partial charge in [-0.15, -0.1) is 6.58 Å². The van der Waals surface area contributed by atoms with Crippen molar-refractivity contribution in [2.75, 3.05) is 0 Å². The minimum atomic E-state index is -0.161. The number of aromatic nitrogens is 4. The third-order valence-electron chi connectivity index (χ3n) is 11.0. The van der Waals surface area contributed by atoms with Crippen LogP contribution in [0.25, 0.3) is 22.5 Å². The molecule has 0 aliphatic heterocycles. The molecule has 2 spiro atoms. The normalized spacial score (nSPS) is 18.9. The van der Waals surface area contributed by atoms with E-state index in [2.05, 4.69) is 48.0 Å². The molecule has 2 saturated carbocycles. The van der Waals surface area contributed by atoms with E-state index in [-0.39, 0.29) is 21.9 Å². The third-order valence-corrected chi connectivity index (χ3v) is 12.0. The topological polar surface area (TPSA) is 80.6 Å². The van der Waals surface area contributed by atoms with Crippen LogP contribution in [0.4, 0.5) is 0 Å². The van der Waals surface area contributed by atoms with Crippen LogP contribution in [-0.4, -0.2) is 19.5 Å². The van der Waals surface area contributed by atoms with Crippen molar-refractivity contribution in [3.05, 3.63) is 110 Å². The smallest absolute Gasteiger partial charge is 0.258 e. The van der Waals surface area contributed by atoms with Gasteiger partial charge in [-0.2, -0.15) is 0 Å². The van der Waals surface area contributed by atoms with Crippen LogP contribution in [0.2, 0.25) is 0 Å². The first-order valence-corrected chi connectivity index (χ1v) is 17.7. The van der Waals surface area contributed by atoms with Gasteiger partial charge < -0.3 is 4.98 Å². The number of aromatic amines is 1. The summed E-state index contributed by atoms with van der Waals surface area (Å²) in [5, 5.41) is 0.644. The van der Waals surface area contributed by atoms with Crippen LogP contribution in [0.15, 0.2) is 75.9 Å². The van der Waals surface area contributed by atoms with Gasteiger partial charge in [-0.05, 0) is 49.7 Å². The Hall–Kier alpha value is -3.71. The van der Waals surface area contributed by atoms with Gasteiger partial charge in [-0.1, -0.05) is 105 Å². The van der Waals surface area contributed by atoms with Crippen LogP contribution in [0, 0.1) is 0 Å². The molecule has 0 saturated heterocycles. The minimum absolute atomic E-state index is 0.0120. The van der Waals surface area contributed by atoms with Gasteiger partial charge >= 0.3 is 0 Å². The van der Waals surface area contributed by atoms with Crippen LogP contribution in [0.5, 0.6) is 0 Å². The van der Waals surface area contributed by atoms with E-state index in [4.69, 9.17) is 9.97 Å². The Morgan fingerprint density at radius 3 is 1.93 bits per heavy atom. The lowest BCUT2D eigenvalue weighted by atomic mass is 9.62. The fourth-order valence-electron chi connectivity index (χ4n) is 9.04. The van der Waals surface area contributed by atoms with Gasteiger partial charge in [0.2, 0.25) is 0 Å². The monoisotopic (exact) mass is 616 g/mol. The van der Waals surface area contributed by atoms with Gasteiger partial charge in [-0.3, -0.25) is 14.2 Å². The fourth-order valence-corrected chi connectivity index (χ4v) is 9.92. The highest BCUT2D eigenvalue weighted by Crippen LogP contribution is 2.50. The molecule has 0 atom stereocenters. The average Bonchev–Trinajstić information content (AvgIpc) is 3.05. The number of benzene rings is 2. The number of thioether (sulfide) groups is 1. The predicted octanol–water partition coefficient (Wildman–Crippen LogP) is 7.65. The van der Waals surface area contributed by atoms with Crippen molar-refractivity contribution in [3.8, 4) is 22.5 Å². The Bertz CT molecular complexity index is 1930. The molecule has 0 radical (unpaired) electrons. The maximum atomic E-state index is 14.5. The standard InChI is InChI=1S/C38H40N4O2S/c1-2-21-42-35(44)31-33(28-16-8-6-14-26(28)23-38(31)19-11-4-12-20-38)41-36(42)45-24-29-39-32-27-15-7-5-13-25(27)22-37(17-9-3-10-18-37)30(32)34(43)40-29/h2,5-8,13-16H,1,3-4,9-12,17-24H2,(H,39,40,43). The van der Waals surface area contributed by atoms with Crippen molar-refractivity contribution in [2.45, 2.75) is 105 Å². The zero-order valence-electron chi connectivity index (χ0n) is 25.9. The number of nitrogens with one attached hydrogen (secondary N) is 1. The van der Waals surface area contributed by atoms with E-state index in [9.17, 15) is 9.59 Å². The Kier molecular flexibility index (Phi) is 7.20. The molecule has 2 aromatic heterocycles. The summed E-state index contributed by atoms with van der Waals surface area (Å²) in [4.78, 5) is 42.0. The van der Waals surface area contributed by atoms with E-state index in [0.717, 1.165) is 97.8 Å². The molecule has 0 bridgehead atoms. The Morgan fingerprint density at radius 1 is 0.778 bits per heavy atom. The van der Waals surface area contributed by atoms with E-state index >= 15 is 0 Å². The fraction of sp³-hybridized carbons (Fsp3) is 0.421. The van der Waals surface area contributed by atoms with Crippen LogP contribution in [0.3, 0.4) is 0 Å². The van der Waals surface area contributed by atoms with Gasteiger partial charge in [0.25, 0.3) is 11.1 Å². The summed E-state index contributed by atoms with van der Waals surface area (Å²) in [6.45, 7) is 4.37. The third kappa shape index (κ3) is 4.68. The average molecular weight is 617 g/mol. The number of hydrogen-bond acceptors (Lipinski definition) is 5. The first-order chi connectivity index (χ1) is 22.0. The number of H-pyrrole nitrogens is 1. The highest BCUT2D eigenvalue weighted by molar-refractivity contribution is 7.98. The maximum absolute atomic E-state index is 14.5. The number of fused-ring (bicyclic) bond motifs is 8. The van der Waals surface area contributed by atoms with Gasteiger partial charge in [-0.25, -0.2) is 9.97 Å². The highest BCUT2D eigenvalue weighted by atomic mass is 32.2. The summed E-state index contributed by atoms with van der Waals surface area (Å²) in [5.41, 5.74) is 7.91. The van der Waals surface area contributed by atoms with Crippen LogP contribution >= 0.6 is 11.8 Å². The van der Waals surface area contributed by atoms with E-state index in [1.807, 2.05) is 12.1 Å². The molecule has 7 heteroatoms. The predicted molar refractivity (Wildman–Crippen MR) is 181 cm³/mol. The largest absolute Gasteiger partial charge is 0.310 e. The van der Waals surface area contributed by atoms with Crippen molar-refractivity contribution < 1.29 is 0 Å².